The van der Waals surface area contributed by atoms with Gasteiger partial charge in [-0.2, -0.15) is 0 Å². The first-order valence-electron chi connectivity index (χ1n) is 26.1. The quantitative estimate of drug-likeness (QED) is 0.0160. The maximum Gasteiger partial charge on any atom is 1.00 e. The average molecular weight is 1480 g/mol. The Labute approximate surface area is 610 Å². The van der Waals surface area contributed by atoms with E-state index in [0.717, 1.165) is 100 Å². The summed E-state index contributed by atoms with van der Waals surface area (Å²) in [6, 6.07) is 51.1. The second-order valence-corrected chi connectivity index (χ2v) is 32.0. The van der Waals surface area contributed by atoms with Crippen LogP contribution in [-0.4, -0.2) is 52.9 Å². The number of rotatable bonds is 15. The van der Waals surface area contributed by atoms with Gasteiger partial charge in [-0.1, -0.05) is 219 Å². The molecule has 80 heavy (non-hydrogen) atoms. The van der Waals surface area contributed by atoms with Crippen molar-refractivity contribution in [1.29, 1.82) is 0 Å². The third kappa shape index (κ3) is 58.3. The molecule has 0 spiro atoms. The average Bonchev–Trinajstić information content (AvgIpc) is 3.42. The predicted octanol–water partition coefficient (Wildman–Crippen LogP) is 12.7. The predicted molar refractivity (Wildman–Crippen MR) is 355 cm³/mol. The van der Waals surface area contributed by atoms with E-state index in [-0.39, 0.29) is 111 Å². The number of halogens is 4. The number of carbonyl (C=O) groups is 1. The largest absolute Gasteiger partial charge is 1.00 e. The smallest absolute Gasteiger partial charge is 1.00 e. The number of ether oxygens (including phenoxy) is 3. The Hall–Kier alpha value is -1.49. The normalized spacial score (nSPS) is 9.22. The fourth-order valence-corrected chi connectivity index (χ4v) is 7.10. The van der Waals surface area contributed by atoms with Crippen LogP contribution < -0.4 is 122 Å². The third-order valence-electron chi connectivity index (χ3n) is 8.97. The van der Waals surface area contributed by atoms with Crippen molar-refractivity contribution in [1.82, 2.24) is 0 Å². The van der Waals surface area contributed by atoms with E-state index in [1.54, 1.807) is 18.2 Å². The molecule has 0 atom stereocenters. The summed E-state index contributed by atoms with van der Waals surface area (Å²) in [5.41, 5.74) is 9.18. The zero-order chi connectivity index (χ0) is 58.7. The van der Waals surface area contributed by atoms with Crippen molar-refractivity contribution >= 4 is 93.0 Å². The molecule has 7 nitrogen and oxygen atoms in total. The number of alkyl halides is 1. The Morgan fingerprint density at radius 3 is 1.23 bits per heavy atom. The van der Waals surface area contributed by atoms with Crippen molar-refractivity contribution in [2.45, 2.75) is 118 Å². The molecule has 1 N–H and O–H groups in total. The maximum atomic E-state index is 8.78. The van der Waals surface area contributed by atoms with E-state index in [1.165, 1.54) is 22.8 Å². The van der Waals surface area contributed by atoms with Gasteiger partial charge in [0.1, 0.15) is 39.1 Å². The fraction of sp³-hybridized carbons (Fsp3) is 0.338. The van der Waals surface area contributed by atoms with E-state index in [1.807, 2.05) is 127 Å². The molecule has 0 bridgehead atoms. The Kier molecular flexibility index (Phi) is 61.5. The summed E-state index contributed by atoms with van der Waals surface area (Å²) in [4.78, 5) is 11.2. The van der Waals surface area contributed by atoms with E-state index in [9.17, 15) is 0 Å². The van der Waals surface area contributed by atoms with Crippen LogP contribution in [0.2, 0.25) is 39.3 Å². The molecule has 6 aromatic rings. The van der Waals surface area contributed by atoms with Gasteiger partial charge in [-0.3, -0.25) is 4.79 Å². The van der Waals surface area contributed by atoms with E-state index in [2.05, 4.69) is 183 Å². The molecule has 0 unspecified atom stereocenters. The topological polar surface area (TPSA) is 97.3 Å². The number of hydrogen-bond donors (Lipinski definition) is 1. The van der Waals surface area contributed by atoms with E-state index < -0.39 is 16.1 Å². The molecule has 0 fully saturated rings. The minimum absolute atomic E-state index is 0. The molecule has 0 aliphatic carbocycles. The first kappa shape index (κ1) is 85.0. The number of unbranched alkanes of at least 4 members (excludes halogenated alkanes) is 4. The van der Waals surface area contributed by atoms with E-state index >= 15 is 0 Å². The summed E-state index contributed by atoms with van der Waals surface area (Å²) < 4.78 is 20.1. The Morgan fingerprint density at radius 1 is 0.550 bits per heavy atom. The summed E-state index contributed by atoms with van der Waals surface area (Å²) in [5, 5.41) is 18.4. The summed E-state index contributed by atoms with van der Waals surface area (Å²) in [5.74, 6) is 12.6. The van der Waals surface area contributed by atoms with E-state index in [4.69, 9.17) is 35.8 Å². The van der Waals surface area contributed by atoms with Gasteiger partial charge in [-0.05, 0) is 145 Å². The number of terminal acetylenes is 1. The molecular formula is C65H84Br3IK2O7Si2. The minimum Gasteiger partial charge on any atom is -1.00 e. The number of hydrogen-bond acceptors (Lipinski definition) is 7. The van der Waals surface area contributed by atoms with Crippen molar-refractivity contribution in [2.24, 2.45) is 0 Å². The molecule has 424 valence electrons. The Bertz CT molecular complexity index is 2580. The Balaban J connectivity index is -0.000000285. The molecule has 6 aromatic carbocycles. The van der Waals surface area contributed by atoms with Gasteiger partial charge >= 0.3 is 103 Å². The zero-order valence-corrected chi connectivity index (χ0v) is 64.7. The fourth-order valence-electron chi connectivity index (χ4n) is 4.84. The number of carbonyl (C=O) groups excluding carboxylic acids is 1. The number of phenols is 1. The second kappa shape index (κ2) is 57.9. The summed E-state index contributed by atoms with van der Waals surface area (Å²) in [6.07, 6.45) is 14.5. The van der Waals surface area contributed by atoms with Crippen molar-refractivity contribution in [3.63, 3.8) is 0 Å². The van der Waals surface area contributed by atoms with Crippen LogP contribution in [-0.2, 0) is 9.68 Å². The standard InChI is InChI=1S/C18H18O.C15H22OSi.C10H13BrO.C6H5BrO.C6H5I.C5H10Si.C4H9Br.CH2O3.2K.H/c1-2-3-14-19-18-11-7-10-17(15-18)13-12-16-8-5-4-6-9-16;1-5-6-11-16-15-9-7-8-14(13-15)10-12-17(2,3)4;1-2-3-7-12-10-6-4-5-9(11)8-10;7-5-2-1-3-6(8)4-5;7-6-4-2-1-3-5-6;1-5-6(2,3)4;1-2-3-4-5;2-1-4-3;;;/h4-11,15H,2-3,14H2,1H3;7-9,13H,5-6,11H2,1-4H3;4-6,8H,2-3,7H2,1H3;1-4,8H;1-5H;1H,2-4H3;2-4H2,1H3;1,3H;;;/q;;;;;;;;2*+1;-1/p-1. The van der Waals surface area contributed by atoms with Crippen molar-refractivity contribution in [3.8, 4) is 58.3 Å². The van der Waals surface area contributed by atoms with Crippen LogP contribution in [0.1, 0.15) is 97.2 Å². The van der Waals surface area contributed by atoms with E-state index in [0.29, 0.717) is 5.75 Å². The first-order chi connectivity index (χ1) is 37.3. The van der Waals surface area contributed by atoms with Crippen molar-refractivity contribution in [2.75, 3.05) is 25.2 Å². The molecule has 0 aliphatic rings. The number of benzene rings is 6. The first-order valence-corrected chi connectivity index (χ1v) is 36.9. The molecule has 0 heterocycles. The van der Waals surface area contributed by atoms with Crippen LogP contribution >= 0.6 is 70.4 Å². The van der Waals surface area contributed by atoms with Gasteiger partial charge in [-0.25, -0.2) is 0 Å². The number of aromatic hydroxyl groups is 1. The Morgan fingerprint density at radius 2 is 0.912 bits per heavy atom. The summed E-state index contributed by atoms with van der Waals surface area (Å²) in [7, 11) is -2.39. The zero-order valence-electron chi connectivity index (χ0n) is 50.6. The van der Waals surface area contributed by atoms with Crippen LogP contribution in [0, 0.1) is 38.8 Å². The molecule has 0 radical (unpaired) electrons. The molecule has 0 amide bonds. The molecule has 0 aromatic heterocycles. The van der Waals surface area contributed by atoms with Crippen LogP contribution in [0.15, 0.2) is 167 Å². The molecule has 15 heteroatoms. The van der Waals surface area contributed by atoms with Gasteiger partial charge in [0.15, 0.2) is 0 Å². The molecule has 0 aliphatic heterocycles. The molecule has 6 rings (SSSR count). The van der Waals surface area contributed by atoms with Crippen LogP contribution in [0.25, 0.3) is 0 Å². The van der Waals surface area contributed by atoms with Gasteiger partial charge in [-0.15, -0.1) is 17.5 Å². The minimum atomic E-state index is -1.29. The number of phenolic OH excluding ortho intramolecular Hbond substituents is 1. The van der Waals surface area contributed by atoms with Crippen LogP contribution in [0.5, 0.6) is 23.0 Å². The third-order valence-corrected chi connectivity index (χ3v) is 13.0. The van der Waals surface area contributed by atoms with Crippen molar-refractivity contribution < 1.29 is 138 Å². The second-order valence-electron chi connectivity index (χ2n) is 18.6. The van der Waals surface area contributed by atoms with Crippen molar-refractivity contribution in [3.05, 3.63) is 187 Å². The van der Waals surface area contributed by atoms with Crippen LogP contribution in [0.4, 0.5) is 0 Å². The summed E-state index contributed by atoms with van der Waals surface area (Å²) >= 11 is 12.2. The molecular weight excluding hydrogens is 1390 g/mol. The van der Waals surface area contributed by atoms with Crippen LogP contribution in [0.3, 0.4) is 0 Å². The van der Waals surface area contributed by atoms with Gasteiger partial charge in [0.25, 0.3) is 6.47 Å². The maximum absolute atomic E-state index is 8.78. The monoisotopic (exact) mass is 1470 g/mol. The van der Waals surface area contributed by atoms with Gasteiger partial charge < -0.3 is 30.9 Å². The van der Waals surface area contributed by atoms with Gasteiger partial charge in [0.2, 0.25) is 0 Å². The molecule has 0 saturated carbocycles. The summed E-state index contributed by atoms with van der Waals surface area (Å²) in [6.45, 7) is 24.0. The van der Waals surface area contributed by atoms with Gasteiger partial charge in [0.05, 0.1) is 19.8 Å². The molecule has 0 saturated heterocycles. The van der Waals surface area contributed by atoms with Gasteiger partial charge in [0, 0.05) is 34.5 Å². The SMILES string of the molecule is C#C[Si](C)(C)C.CCCCBr.CCCCOc1cccc(Br)c1.CCCCOc1cccc(C#C[Si](C)(C)C)c1.CCCCOc1cccc(C#Cc2ccccc2)c1.Ic1ccccc1.O=CO[O-].Oc1cccc(Br)c1.[H-].[K+].[K+].